The van der Waals surface area contributed by atoms with E-state index in [-0.39, 0.29) is 24.4 Å². The number of urea groups is 1. The summed E-state index contributed by atoms with van der Waals surface area (Å²) in [5.41, 5.74) is 3.80. The zero-order valence-electron chi connectivity index (χ0n) is 19.3. The van der Waals surface area contributed by atoms with Gasteiger partial charge in [0.05, 0.1) is 19.2 Å². The summed E-state index contributed by atoms with van der Waals surface area (Å²) >= 11 is 0. The number of ether oxygens (including phenoxy) is 2. The molecule has 1 aliphatic heterocycles. The van der Waals surface area contributed by atoms with Crippen molar-refractivity contribution in [2.45, 2.75) is 20.1 Å². The standard InChI is InChI=1S/C27H24N2O6/c1-17-3-5-18(6-4-17)15-29-25(30)22(28-27(29)33)13-20-9-12-23(24(14-20)34-2)35-16-19-7-10-21(11-8-19)26(31)32/h3-14H,15-16H2,1-2H3,(H,28,33)(H,31,32). The molecule has 3 aromatic rings. The Morgan fingerprint density at radius 3 is 2.31 bits per heavy atom. The summed E-state index contributed by atoms with van der Waals surface area (Å²) < 4.78 is 11.3. The van der Waals surface area contributed by atoms with E-state index in [9.17, 15) is 14.4 Å². The minimum Gasteiger partial charge on any atom is -0.493 e. The lowest BCUT2D eigenvalue weighted by molar-refractivity contribution is -0.123. The number of rotatable bonds is 8. The Morgan fingerprint density at radius 2 is 1.66 bits per heavy atom. The van der Waals surface area contributed by atoms with Gasteiger partial charge in [0.25, 0.3) is 5.91 Å². The first-order chi connectivity index (χ1) is 16.8. The lowest BCUT2D eigenvalue weighted by atomic mass is 10.1. The Balaban J connectivity index is 1.45. The van der Waals surface area contributed by atoms with Crippen molar-refractivity contribution in [2.24, 2.45) is 0 Å². The molecule has 0 saturated carbocycles. The number of aryl methyl sites for hydroxylation is 1. The smallest absolute Gasteiger partial charge is 0.335 e. The van der Waals surface area contributed by atoms with Gasteiger partial charge in [-0.3, -0.25) is 9.69 Å². The van der Waals surface area contributed by atoms with Gasteiger partial charge in [-0.2, -0.15) is 0 Å². The number of carboxylic acid groups (broad SMARTS) is 1. The Bertz CT molecular complexity index is 1300. The second-order valence-corrected chi connectivity index (χ2v) is 8.07. The molecule has 8 heteroatoms. The molecular formula is C27H24N2O6. The monoisotopic (exact) mass is 472 g/mol. The number of methoxy groups -OCH3 is 1. The van der Waals surface area contributed by atoms with Crippen LogP contribution < -0.4 is 14.8 Å². The van der Waals surface area contributed by atoms with Gasteiger partial charge >= 0.3 is 12.0 Å². The second kappa shape index (κ2) is 10.1. The maximum atomic E-state index is 12.8. The van der Waals surface area contributed by atoms with Crippen LogP contribution >= 0.6 is 0 Å². The van der Waals surface area contributed by atoms with E-state index in [1.54, 1.807) is 36.4 Å². The van der Waals surface area contributed by atoms with Gasteiger partial charge in [-0.25, -0.2) is 9.59 Å². The molecule has 0 atom stereocenters. The van der Waals surface area contributed by atoms with E-state index in [4.69, 9.17) is 14.6 Å². The van der Waals surface area contributed by atoms with Crippen LogP contribution in [0, 0.1) is 6.92 Å². The predicted octanol–water partition coefficient (Wildman–Crippen LogP) is 4.37. The van der Waals surface area contributed by atoms with Crippen LogP contribution in [-0.4, -0.2) is 35.0 Å². The normalized spacial score (nSPS) is 14.2. The third-order valence-corrected chi connectivity index (χ3v) is 5.52. The van der Waals surface area contributed by atoms with Crippen LogP contribution in [0.3, 0.4) is 0 Å². The summed E-state index contributed by atoms with van der Waals surface area (Å²) in [6, 6.07) is 18.8. The number of carbonyl (C=O) groups excluding carboxylic acids is 2. The first kappa shape index (κ1) is 23.6. The number of amides is 3. The van der Waals surface area contributed by atoms with Crippen LogP contribution in [0.4, 0.5) is 4.79 Å². The van der Waals surface area contributed by atoms with Crippen LogP contribution in [0.5, 0.6) is 11.5 Å². The molecule has 35 heavy (non-hydrogen) atoms. The molecule has 3 amide bonds. The average Bonchev–Trinajstić information content (AvgIpc) is 3.11. The molecule has 178 valence electrons. The van der Waals surface area contributed by atoms with Gasteiger partial charge in [-0.15, -0.1) is 0 Å². The number of hydrogen-bond donors (Lipinski definition) is 2. The SMILES string of the molecule is COc1cc(C=C2NC(=O)N(Cc3ccc(C)cc3)C2=O)ccc1OCc1ccc(C(=O)O)cc1. The van der Waals surface area contributed by atoms with Gasteiger partial charge in [0, 0.05) is 0 Å². The van der Waals surface area contributed by atoms with Crippen molar-refractivity contribution in [3.05, 3.63) is 100 Å². The molecule has 0 unspecified atom stereocenters. The highest BCUT2D eigenvalue weighted by Crippen LogP contribution is 2.30. The van der Waals surface area contributed by atoms with E-state index in [1.807, 2.05) is 31.2 Å². The molecule has 8 nitrogen and oxygen atoms in total. The number of carboxylic acids is 1. The maximum absolute atomic E-state index is 12.8. The van der Waals surface area contributed by atoms with Gasteiger partial charge in [0.1, 0.15) is 12.3 Å². The summed E-state index contributed by atoms with van der Waals surface area (Å²) in [5, 5.41) is 11.6. The van der Waals surface area contributed by atoms with E-state index < -0.39 is 17.9 Å². The molecule has 1 heterocycles. The van der Waals surface area contributed by atoms with Gasteiger partial charge in [-0.1, -0.05) is 48.0 Å². The molecule has 0 aromatic heterocycles. The highest BCUT2D eigenvalue weighted by molar-refractivity contribution is 6.13. The quantitative estimate of drug-likeness (QED) is 0.373. The molecule has 0 bridgehead atoms. The lowest BCUT2D eigenvalue weighted by Crippen LogP contribution is -2.30. The van der Waals surface area contributed by atoms with Gasteiger partial charge in [-0.05, 0) is 54.0 Å². The molecule has 3 aromatic carbocycles. The summed E-state index contributed by atoms with van der Waals surface area (Å²) in [6.45, 7) is 2.38. The molecule has 1 aliphatic rings. The van der Waals surface area contributed by atoms with Crippen LogP contribution in [0.1, 0.15) is 32.6 Å². The Morgan fingerprint density at radius 1 is 0.971 bits per heavy atom. The maximum Gasteiger partial charge on any atom is 0.335 e. The minimum atomic E-state index is -0.987. The number of imide groups is 1. The van der Waals surface area contributed by atoms with E-state index in [2.05, 4.69) is 5.32 Å². The number of carbonyl (C=O) groups is 3. The van der Waals surface area contributed by atoms with Crippen molar-refractivity contribution < 1.29 is 29.0 Å². The Hall–Kier alpha value is -4.59. The fourth-order valence-electron chi connectivity index (χ4n) is 3.56. The lowest BCUT2D eigenvalue weighted by Gasteiger charge is -2.12. The topological polar surface area (TPSA) is 105 Å². The van der Waals surface area contributed by atoms with E-state index in [1.165, 1.54) is 24.1 Å². The molecule has 1 fully saturated rings. The molecule has 0 aliphatic carbocycles. The van der Waals surface area contributed by atoms with E-state index >= 15 is 0 Å². The van der Waals surface area contributed by atoms with E-state index in [0.717, 1.165) is 16.7 Å². The molecule has 0 spiro atoms. The number of hydrogen-bond acceptors (Lipinski definition) is 5. The zero-order valence-corrected chi connectivity index (χ0v) is 19.3. The first-order valence-corrected chi connectivity index (χ1v) is 10.9. The molecule has 2 N–H and O–H groups in total. The highest BCUT2D eigenvalue weighted by atomic mass is 16.5. The number of nitrogens with one attached hydrogen (secondary N) is 1. The molecule has 1 saturated heterocycles. The van der Waals surface area contributed by atoms with Crippen molar-refractivity contribution in [3.63, 3.8) is 0 Å². The largest absolute Gasteiger partial charge is 0.493 e. The average molecular weight is 472 g/mol. The minimum absolute atomic E-state index is 0.177. The van der Waals surface area contributed by atoms with Crippen LogP contribution in [0.15, 0.2) is 72.4 Å². The highest BCUT2D eigenvalue weighted by Gasteiger charge is 2.33. The van der Waals surface area contributed by atoms with Crippen molar-refractivity contribution in [2.75, 3.05) is 7.11 Å². The summed E-state index contributed by atoms with van der Waals surface area (Å²) in [7, 11) is 1.51. The Labute approximate surface area is 202 Å². The zero-order chi connectivity index (χ0) is 24.9. The van der Waals surface area contributed by atoms with Crippen molar-refractivity contribution in [1.29, 1.82) is 0 Å². The van der Waals surface area contributed by atoms with Gasteiger partial charge < -0.3 is 19.9 Å². The van der Waals surface area contributed by atoms with Crippen molar-refractivity contribution in [1.82, 2.24) is 10.2 Å². The molecule has 0 radical (unpaired) electrons. The number of benzene rings is 3. The summed E-state index contributed by atoms with van der Waals surface area (Å²) in [5.74, 6) is -0.451. The molecule has 4 rings (SSSR count). The first-order valence-electron chi connectivity index (χ1n) is 10.9. The third-order valence-electron chi connectivity index (χ3n) is 5.52. The predicted molar refractivity (Wildman–Crippen MR) is 129 cm³/mol. The van der Waals surface area contributed by atoms with Crippen molar-refractivity contribution in [3.8, 4) is 11.5 Å². The fraction of sp³-hybridized carbons (Fsp3) is 0.148. The van der Waals surface area contributed by atoms with Crippen molar-refractivity contribution >= 4 is 24.0 Å². The Kier molecular flexibility index (Phi) is 6.82. The van der Waals surface area contributed by atoms with E-state index in [0.29, 0.717) is 17.1 Å². The van der Waals surface area contributed by atoms with Crippen LogP contribution in [0.25, 0.3) is 6.08 Å². The third kappa shape index (κ3) is 5.50. The van der Waals surface area contributed by atoms with Crippen LogP contribution in [-0.2, 0) is 17.9 Å². The summed E-state index contributed by atoms with van der Waals surface area (Å²) in [6.07, 6.45) is 1.59. The fourth-order valence-corrected chi connectivity index (χ4v) is 3.56. The second-order valence-electron chi connectivity index (χ2n) is 8.07. The van der Waals surface area contributed by atoms with Gasteiger partial charge in [0.15, 0.2) is 11.5 Å². The summed E-state index contributed by atoms with van der Waals surface area (Å²) in [4.78, 5) is 37.4. The molecular weight excluding hydrogens is 448 g/mol. The van der Waals surface area contributed by atoms with Crippen LogP contribution in [0.2, 0.25) is 0 Å². The van der Waals surface area contributed by atoms with Gasteiger partial charge in [0.2, 0.25) is 0 Å². The number of nitrogens with zero attached hydrogens (tertiary/aromatic N) is 1. The number of aromatic carboxylic acids is 1.